The highest BCUT2D eigenvalue weighted by atomic mass is 35.5. The van der Waals surface area contributed by atoms with Crippen molar-refractivity contribution in [2.45, 2.75) is 22.7 Å². The molecule has 0 saturated carbocycles. The first-order chi connectivity index (χ1) is 12.0. The van der Waals surface area contributed by atoms with Gasteiger partial charge in [-0.3, -0.25) is 0 Å². The lowest BCUT2D eigenvalue weighted by Gasteiger charge is -2.17. The monoisotopic (exact) mass is 409 g/mol. The van der Waals surface area contributed by atoms with E-state index >= 15 is 0 Å². The number of carbonyl (C=O) groups is 1. The Bertz CT molecular complexity index is 860. The van der Waals surface area contributed by atoms with E-state index in [9.17, 15) is 4.79 Å². The van der Waals surface area contributed by atoms with Gasteiger partial charge in [-0.05, 0) is 43.3 Å². The van der Waals surface area contributed by atoms with Gasteiger partial charge in [-0.15, -0.1) is 22.7 Å². The van der Waals surface area contributed by atoms with Crippen LogP contribution in [0.3, 0.4) is 0 Å². The minimum Gasteiger partial charge on any atom is -0.322 e. The van der Waals surface area contributed by atoms with Crippen molar-refractivity contribution >= 4 is 57.8 Å². The molecule has 3 rings (SSSR count). The quantitative estimate of drug-likeness (QED) is 0.563. The Morgan fingerprint density at radius 1 is 1.28 bits per heavy atom. The number of amides is 2. The van der Waals surface area contributed by atoms with Gasteiger partial charge in [-0.1, -0.05) is 23.4 Å². The maximum absolute atomic E-state index is 12.3. The molecule has 0 saturated heterocycles. The largest absolute Gasteiger partial charge is 0.322 e. The van der Waals surface area contributed by atoms with Crippen molar-refractivity contribution in [2.75, 3.05) is 12.4 Å². The number of aromatic nitrogens is 1. The van der Waals surface area contributed by atoms with Gasteiger partial charge in [0.25, 0.3) is 0 Å². The second kappa shape index (κ2) is 8.23. The van der Waals surface area contributed by atoms with E-state index in [2.05, 4.69) is 10.3 Å². The summed E-state index contributed by atoms with van der Waals surface area (Å²) in [6.45, 7) is 2.51. The molecule has 1 aromatic carbocycles. The average Bonchev–Trinajstić information content (AvgIpc) is 3.17. The molecule has 3 aromatic rings. The summed E-state index contributed by atoms with van der Waals surface area (Å²) >= 11 is 10.7. The van der Waals surface area contributed by atoms with E-state index in [1.165, 1.54) is 11.3 Å². The molecular weight excluding hydrogens is 394 g/mol. The lowest BCUT2D eigenvalue weighted by Crippen LogP contribution is -2.30. The molecule has 0 aliphatic rings. The van der Waals surface area contributed by atoms with Crippen LogP contribution in [0.25, 0.3) is 0 Å². The lowest BCUT2D eigenvalue weighted by atomic mass is 10.3. The standard InChI is InChI=1S/C17H16ClN3OS3/c1-11-10-23-17(19-11)25-13-5-3-12(4-6-13)20-16(22)21(2)9-14-7-8-15(18)24-14/h3-8,10H,9H2,1-2H3,(H,20,22). The second-order valence-electron chi connectivity index (χ2n) is 5.37. The number of urea groups is 1. The Morgan fingerprint density at radius 3 is 2.64 bits per heavy atom. The molecule has 0 fully saturated rings. The van der Waals surface area contributed by atoms with Crippen LogP contribution in [0.5, 0.6) is 0 Å². The van der Waals surface area contributed by atoms with Crippen molar-refractivity contribution in [3.05, 3.63) is 56.7 Å². The number of anilines is 1. The lowest BCUT2D eigenvalue weighted by molar-refractivity contribution is 0.221. The average molecular weight is 410 g/mol. The molecule has 2 amide bonds. The Labute approximate surface area is 163 Å². The SMILES string of the molecule is Cc1csc(Sc2ccc(NC(=O)N(C)Cc3ccc(Cl)s3)cc2)n1. The van der Waals surface area contributed by atoms with Crippen molar-refractivity contribution in [1.82, 2.24) is 9.88 Å². The molecule has 4 nitrogen and oxygen atoms in total. The van der Waals surface area contributed by atoms with Crippen molar-refractivity contribution in [1.29, 1.82) is 0 Å². The summed E-state index contributed by atoms with van der Waals surface area (Å²) in [6, 6.07) is 11.4. The van der Waals surface area contributed by atoms with Crippen LogP contribution in [0.4, 0.5) is 10.5 Å². The van der Waals surface area contributed by atoms with E-state index in [0.29, 0.717) is 6.54 Å². The topological polar surface area (TPSA) is 45.2 Å². The van der Waals surface area contributed by atoms with Crippen LogP contribution in [0, 0.1) is 6.92 Å². The molecule has 0 unspecified atom stereocenters. The van der Waals surface area contributed by atoms with E-state index in [0.717, 1.165) is 29.8 Å². The number of halogens is 1. The van der Waals surface area contributed by atoms with E-state index in [1.54, 1.807) is 35.0 Å². The zero-order chi connectivity index (χ0) is 17.8. The molecule has 2 heterocycles. The maximum Gasteiger partial charge on any atom is 0.321 e. The van der Waals surface area contributed by atoms with Gasteiger partial charge < -0.3 is 10.2 Å². The Balaban J connectivity index is 1.55. The van der Waals surface area contributed by atoms with Gasteiger partial charge in [-0.25, -0.2) is 9.78 Å². The molecule has 8 heteroatoms. The fourth-order valence-electron chi connectivity index (χ4n) is 2.05. The summed E-state index contributed by atoms with van der Waals surface area (Å²) < 4.78 is 1.75. The molecule has 25 heavy (non-hydrogen) atoms. The minimum absolute atomic E-state index is 0.152. The molecule has 0 spiro atoms. The first-order valence-electron chi connectivity index (χ1n) is 7.46. The third-order valence-corrected chi connectivity index (χ3v) is 6.56. The zero-order valence-corrected chi connectivity index (χ0v) is 16.9. The first-order valence-corrected chi connectivity index (χ1v) is 10.3. The molecular formula is C17H16ClN3OS3. The fourth-order valence-corrected chi connectivity index (χ4v) is 5.00. The van der Waals surface area contributed by atoms with Crippen molar-refractivity contribution in [3.8, 4) is 0 Å². The Hall–Kier alpha value is -1.54. The van der Waals surface area contributed by atoms with E-state index in [1.807, 2.05) is 48.7 Å². The third-order valence-electron chi connectivity index (χ3n) is 3.28. The number of rotatable bonds is 5. The highest BCUT2D eigenvalue weighted by molar-refractivity contribution is 8.01. The minimum atomic E-state index is -0.152. The Morgan fingerprint density at radius 2 is 2.04 bits per heavy atom. The van der Waals surface area contributed by atoms with E-state index in [4.69, 9.17) is 11.6 Å². The molecule has 1 N–H and O–H groups in total. The van der Waals surface area contributed by atoms with Crippen LogP contribution in [0.15, 0.2) is 51.0 Å². The molecule has 2 aromatic heterocycles. The predicted octanol–water partition coefficient (Wildman–Crippen LogP) is 5.98. The highest BCUT2D eigenvalue weighted by Crippen LogP contribution is 2.31. The molecule has 0 radical (unpaired) electrons. The first kappa shape index (κ1) is 18.3. The molecule has 0 aliphatic heterocycles. The number of thiazole rings is 1. The summed E-state index contributed by atoms with van der Waals surface area (Å²) in [6.07, 6.45) is 0. The van der Waals surface area contributed by atoms with Crippen LogP contribution in [0.1, 0.15) is 10.6 Å². The van der Waals surface area contributed by atoms with E-state index < -0.39 is 0 Å². The number of thiophene rings is 1. The number of hydrogen-bond donors (Lipinski definition) is 1. The summed E-state index contributed by atoms with van der Waals surface area (Å²) in [5.41, 5.74) is 1.80. The van der Waals surface area contributed by atoms with Crippen molar-refractivity contribution in [2.24, 2.45) is 0 Å². The van der Waals surface area contributed by atoms with Crippen LogP contribution < -0.4 is 5.32 Å². The van der Waals surface area contributed by atoms with E-state index in [-0.39, 0.29) is 6.03 Å². The van der Waals surface area contributed by atoms with Gasteiger partial charge in [0, 0.05) is 33.6 Å². The van der Waals surface area contributed by atoms with Crippen LogP contribution in [-0.2, 0) is 6.54 Å². The fraction of sp³-hybridized carbons (Fsp3) is 0.176. The van der Waals surface area contributed by atoms with Gasteiger partial charge in [0.1, 0.15) is 0 Å². The van der Waals surface area contributed by atoms with Crippen LogP contribution in [-0.4, -0.2) is 23.0 Å². The molecule has 0 atom stereocenters. The Kier molecular flexibility index (Phi) is 6.01. The zero-order valence-electron chi connectivity index (χ0n) is 13.7. The number of benzene rings is 1. The van der Waals surface area contributed by atoms with Gasteiger partial charge in [0.15, 0.2) is 4.34 Å². The third kappa shape index (κ3) is 5.22. The van der Waals surface area contributed by atoms with Gasteiger partial charge in [-0.2, -0.15) is 0 Å². The predicted molar refractivity (Wildman–Crippen MR) is 107 cm³/mol. The summed E-state index contributed by atoms with van der Waals surface area (Å²) in [5, 5.41) is 4.94. The highest BCUT2D eigenvalue weighted by Gasteiger charge is 2.11. The summed E-state index contributed by atoms with van der Waals surface area (Å²) in [4.78, 5) is 20.5. The number of aryl methyl sites for hydroxylation is 1. The molecule has 130 valence electrons. The van der Waals surface area contributed by atoms with Gasteiger partial charge >= 0.3 is 6.03 Å². The number of carbonyl (C=O) groups excluding carboxylic acids is 1. The second-order valence-corrected chi connectivity index (χ2v) is 9.35. The maximum atomic E-state index is 12.3. The number of nitrogens with one attached hydrogen (secondary N) is 1. The summed E-state index contributed by atoms with van der Waals surface area (Å²) in [7, 11) is 1.76. The number of hydrogen-bond acceptors (Lipinski definition) is 5. The summed E-state index contributed by atoms with van der Waals surface area (Å²) in [5.74, 6) is 0. The van der Waals surface area contributed by atoms with Crippen LogP contribution in [0.2, 0.25) is 4.34 Å². The van der Waals surface area contributed by atoms with Gasteiger partial charge in [0.2, 0.25) is 0 Å². The van der Waals surface area contributed by atoms with Gasteiger partial charge in [0.05, 0.1) is 10.9 Å². The van der Waals surface area contributed by atoms with Crippen LogP contribution >= 0.6 is 46.0 Å². The molecule has 0 aliphatic carbocycles. The normalized spacial score (nSPS) is 10.7. The molecule has 0 bridgehead atoms. The van der Waals surface area contributed by atoms with Crippen molar-refractivity contribution in [3.63, 3.8) is 0 Å². The number of nitrogens with zero attached hydrogens (tertiary/aromatic N) is 2. The smallest absolute Gasteiger partial charge is 0.321 e. The van der Waals surface area contributed by atoms with Crippen molar-refractivity contribution < 1.29 is 4.79 Å².